The topological polar surface area (TPSA) is 68.3 Å². The van der Waals surface area contributed by atoms with Crippen molar-refractivity contribution < 1.29 is 14.3 Å². The number of hydrogen-bond acceptors (Lipinski definition) is 4. The van der Waals surface area contributed by atoms with E-state index in [2.05, 4.69) is 10.3 Å². The number of ketones is 1. The van der Waals surface area contributed by atoms with E-state index in [4.69, 9.17) is 4.74 Å². The van der Waals surface area contributed by atoms with Gasteiger partial charge in [0.15, 0.2) is 5.78 Å². The van der Waals surface area contributed by atoms with Crippen LogP contribution in [-0.4, -0.2) is 29.8 Å². The second-order valence-electron chi connectivity index (χ2n) is 5.77. The molecule has 2 aromatic carbocycles. The van der Waals surface area contributed by atoms with Crippen molar-refractivity contribution in [2.45, 2.75) is 13.3 Å². The van der Waals surface area contributed by atoms with Gasteiger partial charge in [0, 0.05) is 30.1 Å². The summed E-state index contributed by atoms with van der Waals surface area (Å²) in [5, 5.41) is 4.53. The zero-order chi connectivity index (χ0) is 18.4. The molecule has 0 saturated heterocycles. The SMILES string of the molecule is CCOc1ccc(C(=O)CCNC(=O)c2nccc3ccccc23)cc1. The highest BCUT2D eigenvalue weighted by Gasteiger charge is 2.12. The molecular weight excluding hydrogens is 328 g/mol. The molecule has 3 aromatic rings. The number of carbonyl (C=O) groups is 2. The average Bonchev–Trinajstić information content (AvgIpc) is 2.68. The maximum atomic E-state index is 12.4. The zero-order valence-electron chi connectivity index (χ0n) is 14.6. The van der Waals surface area contributed by atoms with Gasteiger partial charge in [-0.05, 0) is 42.6 Å². The summed E-state index contributed by atoms with van der Waals surface area (Å²) in [5.74, 6) is 0.430. The Morgan fingerprint density at radius 1 is 1.04 bits per heavy atom. The molecule has 1 amide bonds. The van der Waals surface area contributed by atoms with Gasteiger partial charge in [-0.15, -0.1) is 0 Å². The van der Waals surface area contributed by atoms with Crippen molar-refractivity contribution >= 4 is 22.5 Å². The summed E-state index contributed by atoms with van der Waals surface area (Å²) < 4.78 is 5.36. The number of Topliss-reactive ketones (excluding diaryl/α,β-unsaturated/α-hetero) is 1. The standard InChI is InChI=1S/C21H20N2O3/c1-2-26-17-9-7-16(8-10-17)19(24)12-14-23-21(25)20-18-6-4-3-5-15(18)11-13-22-20/h3-11,13H,2,12,14H2,1H3,(H,23,25). The fourth-order valence-electron chi connectivity index (χ4n) is 2.72. The highest BCUT2D eigenvalue weighted by atomic mass is 16.5. The highest BCUT2D eigenvalue weighted by Crippen LogP contribution is 2.16. The van der Waals surface area contributed by atoms with E-state index in [1.807, 2.05) is 37.3 Å². The van der Waals surface area contributed by atoms with Gasteiger partial charge in [0.1, 0.15) is 11.4 Å². The van der Waals surface area contributed by atoms with Gasteiger partial charge < -0.3 is 10.1 Å². The van der Waals surface area contributed by atoms with Crippen LogP contribution in [0, 0.1) is 0 Å². The van der Waals surface area contributed by atoms with Crippen LogP contribution in [0.15, 0.2) is 60.8 Å². The van der Waals surface area contributed by atoms with Crippen molar-refractivity contribution in [3.8, 4) is 5.75 Å². The number of pyridine rings is 1. The lowest BCUT2D eigenvalue weighted by atomic mass is 10.1. The van der Waals surface area contributed by atoms with E-state index < -0.39 is 0 Å². The molecule has 0 fully saturated rings. The second kappa shape index (κ2) is 8.25. The predicted octanol–water partition coefficient (Wildman–Crippen LogP) is 3.64. The fraction of sp³-hybridized carbons (Fsp3) is 0.190. The first-order chi connectivity index (χ1) is 12.7. The van der Waals surface area contributed by atoms with Crippen LogP contribution in [-0.2, 0) is 0 Å². The minimum Gasteiger partial charge on any atom is -0.494 e. The second-order valence-corrected chi connectivity index (χ2v) is 5.77. The quantitative estimate of drug-likeness (QED) is 0.662. The maximum absolute atomic E-state index is 12.4. The molecule has 132 valence electrons. The number of nitrogens with zero attached hydrogens (tertiary/aromatic N) is 1. The van der Waals surface area contributed by atoms with Crippen molar-refractivity contribution in [2.75, 3.05) is 13.2 Å². The van der Waals surface area contributed by atoms with E-state index in [0.717, 1.165) is 16.5 Å². The maximum Gasteiger partial charge on any atom is 0.270 e. The van der Waals surface area contributed by atoms with Gasteiger partial charge in [0.2, 0.25) is 0 Å². The van der Waals surface area contributed by atoms with E-state index in [9.17, 15) is 9.59 Å². The Kier molecular flexibility index (Phi) is 5.59. The molecule has 0 saturated carbocycles. The van der Waals surface area contributed by atoms with Gasteiger partial charge >= 0.3 is 0 Å². The summed E-state index contributed by atoms with van der Waals surface area (Å²) in [4.78, 5) is 28.8. The third-order valence-corrected chi connectivity index (χ3v) is 4.01. The van der Waals surface area contributed by atoms with Crippen LogP contribution in [0.25, 0.3) is 10.8 Å². The molecule has 1 aromatic heterocycles. The predicted molar refractivity (Wildman–Crippen MR) is 101 cm³/mol. The van der Waals surface area contributed by atoms with Crippen LogP contribution < -0.4 is 10.1 Å². The number of amides is 1. The van der Waals surface area contributed by atoms with Gasteiger partial charge in [-0.2, -0.15) is 0 Å². The Morgan fingerprint density at radius 2 is 1.81 bits per heavy atom. The van der Waals surface area contributed by atoms with Gasteiger partial charge in [-0.25, -0.2) is 0 Å². The van der Waals surface area contributed by atoms with E-state index in [0.29, 0.717) is 17.9 Å². The van der Waals surface area contributed by atoms with E-state index in [1.54, 1.807) is 30.5 Å². The summed E-state index contributed by atoms with van der Waals surface area (Å²) in [6, 6.07) is 16.5. The van der Waals surface area contributed by atoms with Crippen molar-refractivity contribution in [1.82, 2.24) is 10.3 Å². The smallest absolute Gasteiger partial charge is 0.270 e. The fourth-order valence-corrected chi connectivity index (χ4v) is 2.72. The summed E-state index contributed by atoms with van der Waals surface area (Å²) in [7, 11) is 0. The number of benzene rings is 2. The van der Waals surface area contributed by atoms with Gasteiger partial charge in [-0.1, -0.05) is 24.3 Å². The first kappa shape index (κ1) is 17.6. The molecule has 0 aliphatic rings. The first-order valence-electron chi connectivity index (χ1n) is 8.57. The molecular formula is C21H20N2O3. The summed E-state index contributed by atoms with van der Waals surface area (Å²) in [5.41, 5.74) is 0.975. The number of carbonyl (C=O) groups excluding carboxylic acids is 2. The summed E-state index contributed by atoms with van der Waals surface area (Å²) in [6.45, 7) is 2.75. The lowest BCUT2D eigenvalue weighted by Crippen LogP contribution is -2.27. The molecule has 0 radical (unpaired) electrons. The Hall–Kier alpha value is -3.21. The Balaban J connectivity index is 1.58. The van der Waals surface area contributed by atoms with Crippen LogP contribution >= 0.6 is 0 Å². The molecule has 0 unspecified atom stereocenters. The third-order valence-electron chi connectivity index (χ3n) is 4.01. The van der Waals surface area contributed by atoms with Gasteiger partial charge in [0.25, 0.3) is 5.91 Å². The number of aromatic nitrogens is 1. The summed E-state index contributed by atoms with van der Waals surface area (Å²) in [6.07, 6.45) is 1.84. The molecule has 1 heterocycles. The highest BCUT2D eigenvalue weighted by molar-refractivity contribution is 6.05. The van der Waals surface area contributed by atoms with Gasteiger partial charge in [0.05, 0.1) is 6.61 Å². The number of rotatable bonds is 7. The molecule has 0 bridgehead atoms. The van der Waals surface area contributed by atoms with Crippen molar-refractivity contribution in [3.05, 3.63) is 72.1 Å². The number of nitrogens with one attached hydrogen (secondary N) is 1. The monoisotopic (exact) mass is 348 g/mol. The largest absolute Gasteiger partial charge is 0.494 e. The lowest BCUT2D eigenvalue weighted by Gasteiger charge is -2.07. The normalized spacial score (nSPS) is 10.5. The van der Waals surface area contributed by atoms with Gasteiger partial charge in [-0.3, -0.25) is 14.6 Å². The van der Waals surface area contributed by atoms with E-state index in [-0.39, 0.29) is 24.7 Å². The Bertz CT molecular complexity index is 915. The van der Waals surface area contributed by atoms with Crippen LogP contribution in [0.5, 0.6) is 5.75 Å². The number of hydrogen-bond donors (Lipinski definition) is 1. The third kappa shape index (κ3) is 4.06. The molecule has 0 aliphatic heterocycles. The molecule has 3 rings (SSSR count). The molecule has 26 heavy (non-hydrogen) atoms. The molecule has 1 N–H and O–H groups in total. The number of ether oxygens (including phenoxy) is 1. The molecule has 5 heteroatoms. The lowest BCUT2D eigenvalue weighted by molar-refractivity contribution is 0.0938. The van der Waals surface area contributed by atoms with Crippen LogP contribution in [0.2, 0.25) is 0 Å². The van der Waals surface area contributed by atoms with E-state index >= 15 is 0 Å². The first-order valence-corrected chi connectivity index (χ1v) is 8.57. The van der Waals surface area contributed by atoms with Crippen LogP contribution in [0.3, 0.4) is 0 Å². The average molecular weight is 348 g/mol. The minimum absolute atomic E-state index is 0.0285. The molecule has 0 aliphatic carbocycles. The Labute approximate surface area is 152 Å². The van der Waals surface area contributed by atoms with Crippen LogP contribution in [0.4, 0.5) is 0 Å². The molecule has 5 nitrogen and oxygen atoms in total. The summed E-state index contributed by atoms with van der Waals surface area (Å²) >= 11 is 0. The molecule has 0 spiro atoms. The van der Waals surface area contributed by atoms with Crippen LogP contribution in [0.1, 0.15) is 34.2 Å². The minimum atomic E-state index is -0.277. The number of fused-ring (bicyclic) bond motifs is 1. The molecule has 0 atom stereocenters. The van der Waals surface area contributed by atoms with Crippen molar-refractivity contribution in [2.24, 2.45) is 0 Å². The van der Waals surface area contributed by atoms with E-state index in [1.165, 1.54) is 0 Å². The Morgan fingerprint density at radius 3 is 2.58 bits per heavy atom. The zero-order valence-corrected chi connectivity index (χ0v) is 14.6. The van der Waals surface area contributed by atoms with Crippen molar-refractivity contribution in [3.63, 3.8) is 0 Å². The van der Waals surface area contributed by atoms with Crippen molar-refractivity contribution in [1.29, 1.82) is 0 Å².